The van der Waals surface area contributed by atoms with E-state index in [4.69, 9.17) is 14.2 Å². The summed E-state index contributed by atoms with van der Waals surface area (Å²) in [6.07, 6.45) is 0. The first-order chi connectivity index (χ1) is 17.5. The molecule has 0 saturated heterocycles. The topological polar surface area (TPSA) is 91.7 Å². The highest BCUT2D eigenvalue weighted by Crippen LogP contribution is 2.23. The third kappa shape index (κ3) is 6.50. The second-order valence-corrected chi connectivity index (χ2v) is 8.04. The minimum absolute atomic E-state index is 0.318. The average Bonchev–Trinajstić information content (AvgIpc) is 3.19. The van der Waals surface area contributed by atoms with Crippen LogP contribution in [0.15, 0.2) is 84.9 Å². The summed E-state index contributed by atoms with van der Waals surface area (Å²) in [5.41, 5.74) is 3.98. The van der Waals surface area contributed by atoms with E-state index >= 15 is 0 Å². The standard InChI is InChI=1S/C28H27N3O5/c1-20-28(21(2)31(30-20)23-11-7-4-8-12-23)29-26(32)18-36-27(33)19-35-25-15-13-24(14-16-25)34-17-22-9-5-3-6-10-22/h3-16H,17-19H2,1-2H3,(H,29,32). The number of carbonyl (C=O) groups excluding carboxylic acids is 2. The fourth-order valence-corrected chi connectivity index (χ4v) is 3.52. The number of carbonyl (C=O) groups is 2. The molecular weight excluding hydrogens is 458 g/mol. The fraction of sp³-hybridized carbons (Fsp3) is 0.179. The molecule has 8 nitrogen and oxygen atoms in total. The van der Waals surface area contributed by atoms with Crippen LogP contribution in [-0.4, -0.2) is 34.9 Å². The number of hydrogen-bond acceptors (Lipinski definition) is 6. The molecular formula is C28H27N3O5. The van der Waals surface area contributed by atoms with Gasteiger partial charge in [-0.2, -0.15) is 5.10 Å². The summed E-state index contributed by atoms with van der Waals surface area (Å²) in [6, 6.07) is 26.4. The monoisotopic (exact) mass is 485 g/mol. The van der Waals surface area contributed by atoms with Crippen LogP contribution in [0.4, 0.5) is 5.69 Å². The number of hydrogen-bond donors (Lipinski definition) is 1. The molecule has 8 heteroatoms. The van der Waals surface area contributed by atoms with Crippen LogP contribution in [0.5, 0.6) is 11.5 Å². The van der Waals surface area contributed by atoms with Crippen molar-refractivity contribution < 1.29 is 23.8 Å². The Morgan fingerprint density at radius 3 is 2.08 bits per heavy atom. The van der Waals surface area contributed by atoms with Crippen LogP contribution < -0.4 is 14.8 Å². The summed E-state index contributed by atoms with van der Waals surface area (Å²) in [7, 11) is 0. The highest BCUT2D eigenvalue weighted by Gasteiger charge is 2.16. The van der Waals surface area contributed by atoms with E-state index in [1.165, 1.54) is 0 Å². The second-order valence-electron chi connectivity index (χ2n) is 8.04. The van der Waals surface area contributed by atoms with Gasteiger partial charge in [-0.05, 0) is 55.8 Å². The third-order valence-corrected chi connectivity index (χ3v) is 5.35. The van der Waals surface area contributed by atoms with E-state index in [0.29, 0.717) is 29.5 Å². The minimum atomic E-state index is -0.650. The van der Waals surface area contributed by atoms with Crippen LogP contribution in [0.3, 0.4) is 0 Å². The lowest BCUT2D eigenvalue weighted by Crippen LogP contribution is -2.24. The molecule has 184 valence electrons. The van der Waals surface area contributed by atoms with Crippen LogP contribution in [-0.2, 0) is 20.9 Å². The number of benzene rings is 3. The van der Waals surface area contributed by atoms with E-state index < -0.39 is 18.5 Å². The van der Waals surface area contributed by atoms with Crippen LogP contribution in [0.1, 0.15) is 17.0 Å². The Hall–Kier alpha value is -4.59. The SMILES string of the molecule is Cc1nn(-c2ccccc2)c(C)c1NC(=O)COC(=O)COc1ccc(OCc2ccccc2)cc1. The van der Waals surface area contributed by atoms with Gasteiger partial charge in [-0.1, -0.05) is 48.5 Å². The number of anilines is 1. The maximum Gasteiger partial charge on any atom is 0.344 e. The van der Waals surface area contributed by atoms with E-state index in [0.717, 1.165) is 16.9 Å². The zero-order chi connectivity index (χ0) is 25.3. The lowest BCUT2D eigenvalue weighted by molar-refractivity contribution is -0.149. The van der Waals surface area contributed by atoms with Crippen molar-refractivity contribution in [3.05, 3.63) is 102 Å². The van der Waals surface area contributed by atoms with Gasteiger partial charge in [0.2, 0.25) is 0 Å². The third-order valence-electron chi connectivity index (χ3n) is 5.35. The summed E-state index contributed by atoms with van der Waals surface area (Å²) in [6.45, 7) is 3.38. The molecule has 1 amide bonds. The molecule has 0 bridgehead atoms. The lowest BCUT2D eigenvalue weighted by atomic mass is 10.2. The summed E-state index contributed by atoms with van der Waals surface area (Å²) in [4.78, 5) is 24.4. The van der Waals surface area contributed by atoms with Gasteiger partial charge in [0.05, 0.1) is 22.8 Å². The normalized spacial score (nSPS) is 10.5. The molecule has 1 aromatic heterocycles. The van der Waals surface area contributed by atoms with Gasteiger partial charge in [-0.15, -0.1) is 0 Å². The molecule has 36 heavy (non-hydrogen) atoms. The molecule has 0 radical (unpaired) electrons. The van der Waals surface area contributed by atoms with Crippen molar-refractivity contribution in [2.75, 3.05) is 18.5 Å². The number of amides is 1. The first kappa shape index (κ1) is 24.5. The summed E-state index contributed by atoms with van der Waals surface area (Å²) in [5.74, 6) is 0.0692. The Morgan fingerprint density at radius 2 is 1.42 bits per heavy atom. The van der Waals surface area contributed by atoms with Crippen molar-refractivity contribution in [1.82, 2.24) is 9.78 Å². The van der Waals surface area contributed by atoms with E-state index in [2.05, 4.69) is 10.4 Å². The quantitative estimate of drug-likeness (QED) is 0.329. The van der Waals surface area contributed by atoms with Gasteiger partial charge in [0.1, 0.15) is 18.1 Å². The lowest BCUT2D eigenvalue weighted by Gasteiger charge is -2.10. The number of esters is 1. The summed E-state index contributed by atoms with van der Waals surface area (Å²) < 4.78 is 18.0. The van der Waals surface area contributed by atoms with E-state index in [1.807, 2.05) is 67.6 Å². The Kier molecular flexibility index (Phi) is 7.97. The Morgan fingerprint density at radius 1 is 0.806 bits per heavy atom. The Labute approximate surface area is 209 Å². The number of ether oxygens (including phenoxy) is 3. The van der Waals surface area contributed by atoms with Crippen molar-refractivity contribution in [3.8, 4) is 17.2 Å². The van der Waals surface area contributed by atoms with Crippen LogP contribution >= 0.6 is 0 Å². The molecule has 4 rings (SSSR count). The van der Waals surface area contributed by atoms with E-state index in [1.54, 1.807) is 35.9 Å². The molecule has 0 atom stereocenters. The first-order valence-corrected chi connectivity index (χ1v) is 11.5. The zero-order valence-electron chi connectivity index (χ0n) is 20.1. The largest absolute Gasteiger partial charge is 0.489 e. The van der Waals surface area contributed by atoms with Crippen molar-refractivity contribution in [2.45, 2.75) is 20.5 Å². The predicted octanol–water partition coefficient (Wildman–Crippen LogP) is 4.63. The fourth-order valence-electron chi connectivity index (χ4n) is 3.52. The molecule has 0 saturated carbocycles. The van der Waals surface area contributed by atoms with E-state index in [-0.39, 0.29) is 6.61 Å². The van der Waals surface area contributed by atoms with Gasteiger partial charge in [0.15, 0.2) is 13.2 Å². The van der Waals surface area contributed by atoms with Crippen molar-refractivity contribution in [1.29, 1.82) is 0 Å². The maximum atomic E-state index is 12.4. The molecule has 0 aliphatic heterocycles. The van der Waals surface area contributed by atoms with Gasteiger partial charge in [-0.3, -0.25) is 4.79 Å². The van der Waals surface area contributed by atoms with Crippen molar-refractivity contribution in [2.24, 2.45) is 0 Å². The zero-order valence-corrected chi connectivity index (χ0v) is 20.1. The minimum Gasteiger partial charge on any atom is -0.489 e. The summed E-state index contributed by atoms with van der Waals surface area (Å²) in [5, 5.41) is 7.26. The number of nitrogens with one attached hydrogen (secondary N) is 1. The highest BCUT2D eigenvalue weighted by molar-refractivity contribution is 5.94. The number of aryl methyl sites for hydroxylation is 1. The van der Waals surface area contributed by atoms with Crippen LogP contribution in [0.2, 0.25) is 0 Å². The maximum absolute atomic E-state index is 12.4. The first-order valence-electron chi connectivity index (χ1n) is 11.5. The van der Waals surface area contributed by atoms with Gasteiger partial charge >= 0.3 is 5.97 Å². The van der Waals surface area contributed by atoms with Crippen LogP contribution in [0.25, 0.3) is 5.69 Å². The molecule has 3 aromatic carbocycles. The van der Waals surface area contributed by atoms with Crippen molar-refractivity contribution >= 4 is 17.6 Å². The van der Waals surface area contributed by atoms with Crippen LogP contribution in [0, 0.1) is 13.8 Å². The van der Waals surface area contributed by atoms with Crippen molar-refractivity contribution in [3.63, 3.8) is 0 Å². The average molecular weight is 486 g/mol. The molecule has 0 aliphatic rings. The second kappa shape index (κ2) is 11.7. The molecule has 1 heterocycles. The predicted molar refractivity (Wildman–Crippen MR) is 135 cm³/mol. The number of aromatic nitrogens is 2. The molecule has 0 spiro atoms. The number of para-hydroxylation sites is 1. The van der Waals surface area contributed by atoms with Gasteiger partial charge in [0, 0.05) is 0 Å². The van der Waals surface area contributed by atoms with E-state index in [9.17, 15) is 9.59 Å². The molecule has 4 aromatic rings. The Bertz CT molecular complexity index is 1300. The number of rotatable bonds is 10. The smallest absolute Gasteiger partial charge is 0.344 e. The van der Waals surface area contributed by atoms with Gasteiger partial charge < -0.3 is 19.5 Å². The Balaban J connectivity index is 1.21. The molecule has 1 N–H and O–H groups in total. The molecule has 0 aliphatic carbocycles. The van der Waals surface area contributed by atoms with Gasteiger partial charge in [-0.25, -0.2) is 9.48 Å². The molecule has 0 unspecified atom stereocenters. The van der Waals surface area contributed by atoms with Gasteiger partial charge in [0.25, 0.3) is 5.91 Å². The molecule has 0 fully saturated rings. The summed E-state index contributed by atoms with van der Waals surface area (Å²) >= 11 is 0. The highest BCUT2D eigenvalue weighted by atomic mass is 16.6. The number of nitrogens with zero attached hydrogens (tertiary/aromatic N) is 2.